The first kappa shape index (κ1) is 42.7. The van der Waals surface area contributed by atoms with Crippen LogP contribution in [0.25, 0.3) is 33.4 Å². The number of alkyl carbamates (subject to hydrolysis) is 1. The molecule has 1 aromatic carbocycles. The lowest BCUT2D eigenvalue weighted by Crippen LogP contribution is -2.45. The van der Waals surface area contributed by atoms with Crippen LogP contribution in [0.5, 0.6) is 0 Å². The Bertz CT molecular complexity index is 2080. The van der Waals surface area contributed by atoms with Crippen molar-refractivity contribution in [2.24, 2.45) is 5.41 Å². The Balaban J connectivity index is 1.67. The van der Waals surface area contributed by atoms with Gasteiger partial charge in [-0.3, -0.25) is 14.6 Å². The van der Waals surface area contributed by atoms with Crippen LogP contribution in [0.15, 0.2) is 48.0 Å². The molecule has 11 nitrogen and oxygen atoms in total. The number of carbonyl (C=O) groups excluding carboxylic acids is 3. The summed E-state index contributed by atoms with van der Waals surface area (Å²) in [7, 11) is 3.46. The first-order valence-corrected chi connectivity index (χ1v) is 20.5. The summed E-state index contributed by atoms with van der Waals surface area (Å²) in [6.45, 7) is 20.9. The molecule has 2 N–H and O–H groups in total. The Hall–Kier alpha value is -4.39. The molecule has 1 aliphatic rings. The number of aromatic nitrogens is 3. The fraction of sp³-hybridized carbons (Fsp3) is 0.523. The number of nitrogens with zero attached hydrogens (tertiary/aromatic N) is 3. The Kier molecular flexibility index (Phi) is 13.6. The number of pyridine rings is 1. The van der Waals surface area contributed by atoms with Crippen LogP contribution in [0.2, 0.25) is 0 Å². The van der Waals surface area contributed by atoms with Crippen molar-refractivity contribution in [2.45, 2.75) is 124 Å². The van der Waals surface area contributed by atoms with Crippen LogP contribution >= 0.6 is 11.3 Å². The van der Waals surface area contributed by atoms with Gasteiger partial charge in [0.1, 0.15) is 17.7 Å². The molecule has 0 spiro atoms. The SMILES string of the molecule is C=C1CCCC[C@H](NC)C(=O)OCC(C)(C)Cc2c(-c3cc(C)cnc3[C@H](C)OC)n(CC)c3ccc(cc23)-c2csc(n2)C[C@H](NC(=O)OC(C)(C)C)C1=O. The molecule has 1 amide bonds. The number of esters is 1. The average molecular weight is 786 g/mol. The zero-order chi connectivity index (χ0) is 40.9. The molecule has 4 bridgehead atoms. The maximum absolute atomic E-state index is 13.8. The maximum atomic E-state index is 13.8. The minimum Gasteiger partial charge on any atom is -0.464 e. The van der Waals surface area contributed by atoms with Gasteiger partial charge in [0.15, 0.2) is 5.78 Å². The van der Waals surface area contributed by atoms with Gasteiger partial charge in [0.05, 0.1) is 34.8 Å². The number of nitrogens with one attached hydrogen (secondary N) is 2. The molecule has 0 fully saturated rings. The van der Waals surface area contributed by atoms with Gasteiger partial charge >= 0.3 is 12.1 Å². The van der Waals surface area contributed by atoms with Crippen LogP contribution in [-0.2, 0) is 43.2 Å². The summed E-state index contributed by atoms with van der Waals surface area (Å²) in [5.41, 5.74) is 7.09. The van der Waals surface area contributed by atoms with E-state index in [1.54, 1.807) is 34.9 Å². The van der Waals surface area contributed by atoms with E-state index >= 15 is 0 Å². The van der Waals surface area contributed by atoms with E-state index in [9.17, 15) is 14.4 Å². The Morgan fingerprint density at radius 1 is 1.18 bits per heavy atom. The van der Waals surface area contributed by atoms with E-state index in [1.165, 1.54) is 11.3 Å². The second kappa shape index (κ2) is 17.8. The molecule has 12 heteroatoms. The fourth-order valence-electron chi connectivity index (χ4n) is 7.31. The number of likely N-dealkylation sites (N-methyl/N-ethyl adjacent to an activating group) is 1. The lowest BCUT2D eigenvalue weighted by Gasteiger charge is -2.27. The molecule has 3 atom stereocenters. The highest BCUT2D eigenvalue weighted by atomic mass is 32.1. The Morgan fingerprint density at radius 3 is 2.61 bits per heavy atom. The molecule has 0 saturated carbocycles. The number of Topliss-reactive ketones (excluding diaryl/α,β-unsaturated/α-hetero) is 1. The molecule has 0 aliphatic carbocycles. The van der Waals surface area contributed by atoms with E-state index in [0.717, 1.165) is 50.2 Å². The number of hydrogen-bond donors (Lipinski definition) is 2. The summed E-state index contributed by atoms with van der Waals surface area (Å²) in [5.74, 6) is -0.572. The molecule has 56 heavy (non-hydrogen) atoms. The van der Waals surface area contributed by atoms with E-state index in [0.29, 0.717) is 49.2 Å². The number of benzene rings is 1. The predicted molar refractivity (Wildman–Crippen MR) is 223 cm³/mol. The summed E-state index contributed by atoms with van der Waals surface area (Å²) in [6.07, 6.45) is 4.04. The number of thiazole rings is 1. The van der Waals surface area contributed by atoms with Crippen LogP contribution in [0, 0.1) is 12.3 Å². The van der Waals surface area contributed by atoms with Gasteiger partial charge in [-0.15, -0.1) is 11.3 Å². The molecule has 5 rings (SSSR count). The van der Waals surface area contributed by atoms with Crippen LogP contribution in [-0.4, -0.2) is 70.8 Å². The highest BCUT2D eigenvalue weighted by molar-refractivity contribution is 7.10. The standard InChI is InChI=1S/C44H59N5O6S/c1-12-49-36-18-17-29-20-30(36)32(39(49)31-19-26(2)23-46-38(31)28(4)53-11)22-44(8,9)25-54-41(51)33(45-10)16-14-13-15-27(3)40(50)34(21-37-47-35(29)24-56-37)48-42(52)55-43(5,6)7/h17-20,23-24,28,33-34,45H,3,12-16,21-22,25H2,1-2,4-11H3,(H,48,52)/t28-,33-,34-/m0/s1. The normalized spacial score (nSPS) is 19.4. The number of rotatable bonds is 6. The van der Waals surface area contributed by atoms with Crippen LogP contribution < -0.4 is 10.6 Å². The minimum atomic E-state index is -0.908. The van der Waals surface area contributed by atoms with E-state index in [2.05, 4.69) is 66.8 Å². The van der Waals surface area contributed by atoms with Crippen molar-refractivity contribution < 1.29 is 28.6 Å². The number of fused-ring (bicyclic) bond motifs is 4. The summed E-state index contributed by atoms with van der Waals surface area (Å²) in [4.78, 5) is 50.2. The van der Waals surface area contributed by atoms with Gasteiger partial charge < -0.3 is 29.4 Å². The molecule has 0 saturated heterocycles. The minimum absolute atomic E-state index is 0.189. The second-order valence-electron chi connectivity index (χ2n) is 16.7. The second-order valence-corrected chi connectivity index (χ2v) is 17.6. The number of ether oxygens (including phenoxy) is 3. The molecular formula is C44H59N5O6S. The fourth-order valence-corrected chi connectivity index (χ4v) is 8.16. The van der Waals surface area contributed by atoms with E-state index in [1.807, 2.05) is 25.4 Å². The van der Waals surface area contributed by atoms with Gasteiger partial charge in [0, 0.05) is 59.1 Å². The zero-order valence-electron chi connectivity index (χ0n) is 34.8. The topological polar surface area (TPSA) is 134 Å². The number of methoxy groups -OCH3 is 1. The molecular weight excluding hydrogens is 727 g/mol. The number of cyclic esters (lactones) is 1. The molecule has 0 unspecified atom stereocenters. The quantitative estimate of drug-likeness (QED) is 0.146. The third-order valence-electron chi connectivity index (χ3n) is 10.2. The molecule has 4 heterocycles. The Labute approximate surface area is 335 Å². The van der Waals surface area contributed by atoms with Crippen molar-refractivity contribution in [2.75, 3.05) is 20.8 Å². The van der Waals surface area contributed by atoms with E-state index < -0.39 is 29.2 Å². The molecule has 0 radical (unpaired) electrons. The smallest absolute Gasteiger partial charge is 0.408 e. The van der Waals surface area contributed by atoms with Crippen LogP contribution in [0.4, 0.5) is 4.79 Å². The van der Waals surface area contributed by atoms with Gasteiger partial charge in [-0.05, 0) is 109 Å². The zero-order valence-corrected chi connectivity index (χ0v) is 35.6. The van der Waals surface area contributed by atoms with Gasteiger partial charge in [-0.2, -0.15) is 0 Å². The van der Waals surface area contributed by atoms with Gasteiger partial charge in [-0.1, -0.05) is 32.9 Å². The first-order valence-electron chi connectivity index (χ1n) is 19.6. The summed E-state index contributed by atoms with van der Waals surface area (Å²) in [6, 6.07) is 7.19. The number of amides is 1. The molecule has 4 aromatic rings. The molecule has 1 aliphatic heterocycles. The van der Waals surface area contributed by atoms with Crippen molar-refractivity contribution in [1.29, 1.82) is 0 Å². The largest absolute Gasteiger partial charge is 0.464 e. The van der Waals surface area contributed by atoms with Crippen molar-refractivity contribution in [3.8, 4) is 22.5 Å². The number of aryl methyl sites for hydroxylation is 2. The first-order chi connectivity index (χ1) is 26.4. The average Bonchev–Trinajstić information content (AvgIpc) is 3.73. The molecule has 302 valence electrons. The summed E-state index contributed by atoms with van der Waals surface area (Å²) >= 11 is 1.45. The lowest BCUT2D eigenvalue weighted by molar-refractivity contribution is -0.149. The molecule has 3 aromatic heterocycles. The monoisotopic (exact) mass is 785 g/mol. The van der Waals surface area contributed by atoms with Crippen molar-refractivity contribution >= 4 is 40.1 Å². The van der Waals surface area contributed by atoms with Crippen LogP contribution in [0.3, 0.4) is 0 Å². The third-order valence-corrected chi connectivity index (χ3v) is 11.1. The van der Waals surface area contributed by atoms with Gasteiger partial charge in [0.2, 0.25) is 0 Å². The Morgan fingerprint density at radius 2 is 1.93 bits per heavy atom. The summed E-state index contributed by atoms with van der Waals surface area (Å²) in [5, 5.41) is 9.70. The van der Waals surface area contributed by atoms with Crippen molar-refractivity contribution in [3.63, 3.8) is 0 Å². The summed E-state index contributed by atoms with van der Waals surface area (Å²) < 4.78 is 19.8. The van der Waals surface area contributed by atoms with E-state index in [-0.39, 0.29) is 30.9 Å². The third kappa shape index (κ3) is 10.1. The van der Waals surface area contributed by atoms with Crippen LogP contribution in [0.1, 0.15) is 102 Å². The lowest BCUT2D eigenvalue weighted by atomic mass is 9.84. The van der Waals surface area contributed by atoms with Gasteiger partial charge in [0.25, 0.3) is 0 Å². The highest BCUT2D eigenvalue weighted by Crippen LogP contribution is 2.42. The van der Waals surface area contributed by atoms with Crippen molar-refractivity contribution in [3.05, 3.63) is 69.8 Å². The number of hydrogen-bond acceptors (Lipinski definition) is 10. The number of carbonyl (C=O) groups is 3. The predicted octanol–water partition coefficient (Wildman–Crippen LogP) is 8.70. The number of ketones is 1. The highest BCUT2D eigenvalue weighted by Gasteiger charge is 2.31. The van der Waals surface area contributed by atoms with Crippen molar-refractivity contribution in [1.82, 2.24) is 25.2 Å². The van der Waals surface area contributed by atoms with Gasteiger partial charge in [-0.25, -0.2) is 9.78 Å². The maximum Gasteiger partial charge on any atom is 0.408 e. The van der Waals surface area contributed by atoms with E-state index in [4.69, 9.17) is 24.2 Å².